The van der Waals surface area contributed by atoms with E-state index in [1.807, 2.05) is 11.0 Å². The summed E-state index contributed by atoms with van der Waals surface area (Å²) in [6.45, 7) is 6.13. The number of aromatic nitrogens is 2. The molecule has 34 heavy (non-hydrogen) atoms. The highest BCUT2D eigenvalue weighted by molar-refractivity contribution is 5.75. The van der Waals surface area contributed by atoms with Crippen LogP contribution in [0.3, 0.4) is 0 Å². The van der Waals surface area contributed by atoms with Crippen molar-refractivity contribution in [3.63, 3.8) is 0 Å². The number of nitrogens with one attached hydrogen (secondary N) is 1. The van der Waals surface area contributed by atoms with Crippen molar-refractivity contribution in [1.29, 1.82) is 0 Å². The zero-order valence-electron chi connectivity index (χ0n) is 19.9. The first-order valence-corrected chi connectivity index (χ1v) is 12.7. The van der Waals surface area contributed by atoms with Crippen LogP contribution < -0.4 is 5.32 Å². The quantitative estimate of drug-likeness (QED) is 0.645. The Labute approximate surface area is 199 Å². The Morgan fingerprint density at radius 1 is 1.09 bits per heavy atom. The molecule has 0 unspecified atom stereocenters. The third kappa shape index (κ3) is 2.97. The number of benzene rings is 1. The second-order valence-corrected chi connectivity index (χ2v) is 11.3. The number of carbonyl (C=O) groups excluding carboxylic acids is 1. The third-order valence-corrected chi connectivity index (χ3v) is 9.53. The van der Waals surface area contributed by atoms with Gasteiger partial charge in [-0.05, 0) is 86.0 Å². The fraction of sp³-hybridized carbons (Fsp3) is 0.593. The van der Waals surface area contributed by atoms with E-state index >= 15 is 0 Å². The van der Waals surface area contributed by atoms with Crippen LogP contribution in [-0.4, -0.2) is 40.3 Å². The average molecular weight is 467 g/mol. The topological polar surface area (TPSA) is 58.1 Å². The van der Waals surface area contributed by atoms with Crippen molar-refractivity contribution >= 4 is 6.03 Å². The van der Waals surface area contributed by atoms with Crippen LogP contribution in [0, 0.1) is 23.0 Å². The van der Waals surface area contributed by atoms with Crippen molar-refractivity contribution in [2.45, 2.75) is 76.2 Å². The predicted molar refractivity (Wildman–Crippen MR) is 125 cm³/mol. The van der Waals surface area contributed by atoms with E-state index in [2.05, 4.69) is 29.4 Å². The number of urea groups is 1. The van der Waals surface area contributed by atoms with Crippen molar-refractivity contribution in [3.8, 4) is 11.3 Å². The molecule has 1 aliphatic heterocycles. The third-order valence-electron chi connectivity index (χ3n) is 9.53. The van der Waals surface area contributed by atoms with E-state index < -0.39 is 11.6 Å². The molecule has 4 aliphatic rings. The van der Waals surface area contributed by atoms with Gasteiger partial charge in [0.2, 0.25) is 0 Å². The number of halogens is 2. The Bertz CT molecular complexity index is 1130. The largest absolute Gasteiger partial charge is 0.335 e. The molecule has 2 amide bonds. The average Bonchev–Trinajstić information content (AvgIpc) is 3.17. The first-order chi connectivity index (χ1) is 16.3. The minimum Gasteiger partial charge on any atom is -0.335 e. The maximum atomic E-state index is 14.5. The summed E-state index contributed by atoms with van der Waals surface area (Å²) in [5.74, 6) is -0.677. The zero-order chi connectivity index (χ0) is 23.7. The number of hydrogen-bond acceptors (Lipinski definition) is 3. The van der Waals surface area contributed by atoms with E-state index in [1.54, 1.807) is 0 Å². The Kier molecular flexibility index (Phi) is 4.98. The van der Waals surface area contributed by atoms with Crippen LogP contribution in [0.25, 0.3) is 11.3 Å². The van der Waals surface area contributed by atoms with Crippen LogP contribution in [0.1, 0.15) is 76.0 Å². The van der Waals surface area contributed by atoms with E-state index in [0.717, 1.165) is 62.9 Å². The SMILES string of the molecule is CC1(C)[C@H]2CC[C@]1([C@H]1CCCN(C(=O)NC3CCC3)C1)c1nnc(-c3c(F)cccc3F)cc12. The first kappa shape index (κ1) is 21.9. The Morgan fingerprint density at radius 3 is 2.56 bits per heavy atom. The molecule has 3 fully saturated rings. The van der Waals surface area contributed by atoms with Gasteiger partial charge < -0.3 is 10.2 Å². The van der Waals surface area contributed by atoms with Crippen molar-refractivity contribution < 1.29 is 13.6 Å². The van der Waals surface area contributed by atoms with E-state index in [9.17, 15) is 13.6 Å². The van der Waals surface area contributed by atoms with Crippen LogP contribution in [0.15, 0.2) is 24.3 Å². The number of carbonyl (C=O) groups is 1. The van der Waals surface area contributed by atoms with Gasteiger partial charge in [-0.1, -0.05) is 19.9 Å². The standard InChI is InChI=1S/C27H32F2N4O/c1-26(2)19-11-12-27(26,16-6-5-13-33(15-16)25(34)30-17-7-3-8-17)24-18(19)14-22(31-32-24)23-20(28)9-4-10-21(23)29/h4,9-10,14,16-17,19H,3,5-8,11-13,15H2,1-2H3,(H,30,34)/t16-,19-,27-/m0/s1. The van der Waals surface area contributed by atoms with Crippen LogP contribution >= 0.6 is 0 Å². The number of amides is 2. The fourth-order valence-electron chi connectivity index (χ4n) is 7.52. The molecule has 2 saturated carbocycles. The molecule has 1 N–H and O–H groups in total. The van der Waals surface area contributed by atoms with Gasteiger partial charge in [-0.25, -0.2) is 13.6 Å². The van der Waals surface area contributed by atoms with Crippen molar-refractivity contribution in [2.24, 2.45) is 11.3 Å². The highest BCUT2D eigenvalue weighted by Crippen LogP contribution is 2.70. The van der Waals surface area contributed by atoms with Gasteiger partial charge in [0, 0.05) is 24.5 Å². The molecule has 0 spiro atoms. The molecule has 1 aromatic heterocycles. The summed E-state index contributed by atoms with van der Waals surface area (Å²) in [5.41, 5.74) is 1.98. The lowest BCUT2D eigenvalue weighted by atomic mass is 9.59. The molecule has 5 nitrogen and oxygen atoms in total. The van der Waals surface area contributed by atoms with Gasteiger partial charge in [-0.15, -0.1) is 0 Å². The minimum absolute atomic E-state index is 0.0610. The van der Waals surface area contributed by atoms with Crippen LogP contribution in [0.4, 0.5) is 13.6 Å². The van der Waals surface area contributed by atoms with Crippen molar-refractivity contribution in [2.75, 3.05) is 13.1 Å². The van der Waals surface area contributed by atoms with Crippen molar-refractivity contribution in [1.82, 2.24) is 20.4 Å². The van der Waals surface area contributed by atoms with E-state index in [0.29, 0.717) is 12.0 Å². The molecule has 1 saturated heterocycles. The fourth-order valence-corrected chi connectivity index (χ4v) is 7.52. The molecule has 2 bridgehead atoms. The van der Waals surface area contributed by atoms with Crippen molar-refractivity contribution in [3.05, 3.63) is 47.2 Å². The molecule has 6 rings (SSSR count). The molecular weight excluding hydrogens is 434 g/mol. The number of hydrogen-bond donors (Lipinski definition) is 1. The summed E-state index contributed by atoms with van der Waals surface area (Å²) in [7, 11) is 0. The van der Waals surface area contributed by atoms with E-state index in [-0.39, 0.29) is 34.0 Å². The lowest BCUT2D eigenvalue weighted by Crippen LogP contribution is -2.55. The maximum Gasteiger partial charge on any atom is 0.317 e. The molecule has 3 atom stereocenters. The number of piperidine rings is 1. The lowest BCUT2D eigenvalue weighted by Gasteiger charge is -2.48. The van der Waals surface area contributed by atoms with Gasteiger partial charge in [0.05, 0.1) is 17.0 Å². The van der Waals surface area contributed by atoms with Crippen LogP contribution in [-0.2, 0) is 5.41 Å². The summed E-state index contributed by atoms with van der Waals surface area (Å²) in [6.07, 6.45) is 7.42. The minimum atomic E-state index is -0.619. The molecule has 3 aliphatic carbocycles. The molecular formula is C27H32F2N4O. The Hall–Kier alpha value is -2.57. The predicted octanol–water partition coefficient (Wildman–Crippen LogP) is 5.55. The maximum absolute atomic E-state index is 14.5. The van der Waals surface area contributed by atoms with Crippen LogP contribution in [0.2, 0.25) is 0 Å². The summed E-state index contributed by atoms with van der Waals surface area (Å²) in [6, 6.07) is 6.15. The molecule has 2 aromatic rings. The van der Waals surface area contributed by atoms with E-state index in [4.69, 9.17) is 0 Å². The first-order valence-electron chi connectivity index (χ1n) is 12.7. The molecule has 180 valence electrons. The number of likely N-dealkylation sites (tertiary alicyclic amines) is 1. The van der Waals surface area contributed by atoms with Gasteiger partial charge in [0.15, 0.2) is 0 Å². The Balaban J connectivity index is 1.35. The Morgan fingerprint density at radius 2 is 1.85 bits per heavy atom. The highest BCUT2D eigenvalue weighted by Gasteiger charge is 2.66. The molecule has 0 radical (unpaired) electrons. The summed E-state index contributed by atoms with van der Waals surface area (Å²) in [5, 5.41) is 12.2. The summed E-state index contributed by atoms with van der Waals surface area (Å²) >= 11 is 0. The summed E-state index contributed by atoms with van der Waals surface area (Å²) in [4.78, 5) is 15.0. The molecule has 2 heterocycles. The van der Waals surface area contributed by atoms with Gasteiger partial charge >= 0.3 is 6.03 Å². The zero-order valence-corrected chi connectivity index (χ0v) is 19.9. The van der Waals surface area contributed by atoms with Gasteiger partial charge in [0.25, 0.3) is 0 Å². The number of nitrogens with zero attached hydrogens (tertiary/aromatic N) is 3. The second kappa shape index (κ2) is 7.72. The van der Waals surface area contributed by atoms with E-state index in [1.165, 1.54) is 24.6 Å². The van der Waals surface area contributed by atoms with Gasteiger partial charge in [-0.2, -0.15) is 10.2 Å². The highest BCUT2D eigenvalue weighted by atomic mass is 19.1. The molecule has 1 aromatic carbocycles. The summed E-state index contributed by atoms with van der Waals surface area (Å²) < 4.78 is 29.0. The lowest BCUT2D eigenvalue weighted by molar-refractivity contribution is 0.0664. The number of fused-ring (bicyclic) bond motifs is 5. The second-order valence-electron chi connectivity index (χ2n) is 11.3. The van der Waals surface area contributed by atoms with Crippen LogP contribution in [0.5, 0.6) is 0 Å². The smallest absolute Gasteiger partial charge is 0.317 e. The van der Waals surface area contributed by atoms with Gasteiger partial charge in [0.1, 0.15) is 11.6 Å². The normalized spacial score (nSPS) is 29.6. The number of rotatable bonds is 3. The molecule has 7 heteroatoms. The van der Waals surface area contributed by atoms with Gasteiger partial charge in [-0.3, -0.25) is 0 Å². The monoisotopic (exact) mass is 466 g/mol.